The Kier molecular flexibility index (Phi) is 3.11. The number of rotatable bonds is 0. The summed E-state index contributed by atoms with van der Waals surface area (Å²) in [5.74, 6) is 0. The second-order valence-corrected chi connectivity index (χ2v) is 9.66. The molecular formula is C31H18N4. The molecule has 4 aromatic heterocycles. The maximum Gasteiger partial charge on any atom is 0.149 e. The first-order valence-electron chi connectivity index (χ1n) is 12.0. The molecule has 0 N–H and O–H groups in total. The van der Waals surface area contributed by atoms with E-state index in [0.717, 1.165) is 45.8 Å². The molecule has 3 aromatic carbocycles. The second-order valence-electron chi connectivity index (χ2n) is 9.66. The van der Waals surface area contributed by atoms with Crippen LogP contribution in [-0.4, -0.2) is 19.4 Å². The number of benzene rings is 3. The lowest BCUT2D eigenvalue weighted by atomic mass is 9.95. The minimum atomic E-state index is 0.909. The number of aromatic nitrogens is 4. The van der Waals surface area contributed by atoms with Crippen molar-refractivity contribution >= 4 is 38.5 Å². The van der Waals surface area contributed by atoms with Gasteiger partial charge in [0.05, 0.1) is 11.0 Å². The molecule has 0 saturated heterocycles. The molecule has 4 heterocycles. The van der Waals surface area contributed by atoms with Crippen molar-refractivity contribution in [3.05, 3.63) is 108 Å². The van der Waals surface area contributed by atoms with Crippen LogP contribution in [0.25, 0.3) is 60.7 Å². The molecule has 0 radical (unpaired) electrons. The molecule has 7 aromatic rings. The minimum absolute atomic E-state index is 0.909. The summed E-state index contributed by atoms with van der Waals surface area (Å²) >= 11 is 0. The first-order valence-corrected chi connectivity index (χ1v) is 12.0. The highest BCUT2D eigenvalue weighted by Crippen LogP contribution is 2.49. The summed E-state index contributed by atoms with van der Waals surface area (Å²) in [5, 5.41) is 3.32. The molecule has 4 nitrogen and oxygen atoms in total. The van der Waals surface area contributed by atoms with Crippen molar-refractivity contribution in [3.8, 4) is 22.3 Å². The quantitative estimate of drug-likeness (QED) is 0.243. The maximum atomic E-state index is 5.13. The first kappa shape index (κ1) is 17.8. The molecule has 0 spiro atoms. The molecule has 0 amide bonds. The van der Waals surface area contributed by atoms with Crippen molar-refractivity contribution in [2.45, 2.75) is 12.8 Å². The van der Waals surface area contributed by atoms with Crippen LogP contribution in [0.3, 0.4) is 0 Å². The van der Waals surface area contributed by atoms with Gasteiger partial charge in [-0.15, -0.1) is 0 Å². The summed E-state index contributed by atoms with van der Waals surface area (Å²) in [4.78, 5) is 14.4. The van der Waals surface area contributed by atoms with Crippen LogP contribution in [-0.2, 0) is 12.8 Å². The van der Waals surface area contributed by atoms with Gasteiger partial charge in [-0.05, 0) is 80.6 Å². The highest BCUT2D eigenvalue weighted by molar-refractivity contribution is 6.13. The van der Waals surface area contributed by atoms with Crippen LogP contribution in [0.15, 0.2) is 85.3 Å². The van der Waals surface area contributed by atoms with E-state index in [-0.39, 0.29) is 0 Å². The van der Waals surface area contributed by atoms with Gasteiger partial charge in [0.15, 0.2) is 0 Å². The van der Waals surface area contributed by atoms with E-state index in [1.54, 1.807) is 0 Å². The van der Waals surface area contributed by atoms with Gasteiger partial charge in [-0.25, -0.2) is 9.97 Å². The molecule has 35 heavy (non-hydrogen) atoms. The van der Waals surface area contributed by atoms with Crippen LogP contribution < -0.4 is 0 Å². The molecular weight excluding hydrogens is 428 g/mol. The Morgan fingerprint density at radius 1 is 0.629 bits per heavy atom. The third kappa shape index (κ3) is 2.11. The fourth-order valence-corrected chi connectivity index (χ4v) is 6.56. The third-order valence-corrected chi connectivity index (χ3v) is 7.98. The van der Waals surface area contributed by atoms with E-state index in [1.165, 1.54) is 50.0 Å². The smallest absolute Gasteiger partial charge is 0.149 e. The average Bonchev–Trinajstić information content (AvgIpc) is 3.59. The van der Waals surface area contributed by atoms with Gasteiger partial charge in [0.25, 0.3) is 0 Å². The van der Waals surface area contributed by atoms with Crippen LogP contribution in [0.2, 0.25) is 0 Å². The SMILES string of the molecule is c1ccc2c(c1)Cc1ccc3c(c1-2)Cc1c-3ccc2nc3c4cnccc4c4cccnc4n3c12. The number of nitrogens with zero attached hydrogens (tertiary/aromatic N) is 4. The van der Waals surface area contributed by atoms with Crippen molar-refractivity contribution in [3.63, 3.8) is 0 Å². The van der Waals surface area contributed by atoms with E-state index in [9.17, 15) is 0 Å². The van der Waals surface area contributed by atoms with Crippen LogP contribution in [0, 0.1) is 0 Å². The summed E-state index contributed by atoms with van der Waals surface area (Å²) in [6, 6.07) is 24.2. The maximum absolute atomic E-state index is 5.13. The Bertz CT molecular complexity index is 2070. The molecule has 2 aliphatic rings. The summed E-state index contributed by atoms with van der Waals surface area (Å²) in [6.45, 7) is 0. The Labute approximate surface area is 200 Å². The van der Waals surface area contributed by atoms with Gasteiger partial charge in [0.1, 0.15) is 11.3 Å². The summed E-state index contributed by atoms with van der Waals surface area (Å²) in [7, 11) is 0. The van der Waals surface area contributed by atoms with E-state index < -0.39 is 0 Å². The third-order valence-electron chi connectivity index (χ3n) is 7.98. The predicted octanol–water partition coefficient (Wildman–Crippen LogP) is 6.73. The van der Waals surface area contributed by atoms with E-state index in [0.29, 0.717) is 0 Å². The largest absolute Gasteiger partial charge is 0.275 e. The van der Waals surface area contributed by atoms with E-state index >= 15 is 0 Å². The molecule has 0 aliphatic heterocycles. The number of fused-ring (bicyclic) bond motifs is 16. The van der Waals surface area contributed by atoms with Gasteiger partial charge in [-0.1, -0.05) is 42.5 Å². The topological polar surface area (TPSA) is 43.1 Å². The second kappa shape index (κ2) is 6.10. The van der Waals surface area contributed by atoms with Gasteiger partial charge in [0.2, 0.25) is 0 Å². The molecule has 0 atom stereocenters. The van der Waals surface area contributed by atoms with E-state index in [2.05, 4.69) is 70.0 Å². The van der Waals surface area contributed by atoms with Gasteiger partial charge in [-0.3, -0.25) is 9.38 Å². The van der Waals surface area contributed by atoms with Gasteiger partial charge in [-0.2, -0.15) is 0 Å². The zero-order valence-electron chi connectivity index (χ0n) is 18.8. The van der Waals surface area contributed by atoms with Crippen molar-refractivity contribution in [2.24, 2.45) is 0 Å². The fourth-order valence-electron chi connectivity index (χ4n) is 6.56. The lowest BCUT2D eigenvalue weighted by Crippen LogP contribution is -1.96. The summed E-state index contributed by atoms with van der Waals surface area (Å²) < 4.78 is 2.27. The molecule has 0 fully saturated rings. The standard InChI is InChI=1S/C31H18N4/c1-2-5-19-17(4-1)14-18-7-8-20-21-9-10-27-29(25(21)15-24(20)28(18)19)35-30-23(6-3-12-33-30)22-11-13-32-16-26(22)31(35)34-27/h1-13,16H,14-15H2. The molecule has 0 unspecified atom stereocenters. The van der Waals surface area contributed by atoms with Crippen LogP contribution in [0.1, 0.15) is 22.3 Å². The number of pyridine rings is 3. The number of hydrogen-bond acceptors (Lipinski definition) is 3. The Morgan fingerprint density at radius 2 is 1.54 bits per heavy atom. The van der Waals surface area contributed by atoms with Gasteiger partial charge < -0.3 is 0 Å². The van der Waals surface area contributed by atoms with Crippen molar-refractivity contribution in [1.29, 1.82) is 0 Å². The van der Waals surface area contributed by atoms with Crippen LogP contribution in [0.4, 0.5) is 0 Å². The first-order chi connectivity index (χ1) is 17.4. The molecule has 0 bridgehead atoms. The molecule has 4 heteroatoms. The van der Waals surface area contributed by atoms with Crippen LogP contribution >= 0.6 is 0 Å². The van der Waals surface area contributed by atoms with Gasteiger partial charge >= 0.3 is 0 Å². The highest BCUT2D eigenvalue weighted by atomic mass is 15.1. The van der Waals surface area contributed by atoms with Crippen LogP contribution in [0.5, 0.6) is 0 Å². The zero-order valence-corrected chi connectivity index (χ0v) is 18.8. The van der Waals surface area contributed by atoms with E-state index in [1.807, 2.05) is 24.7 Å². The average molecular weight is 447 g/mol. The molecule has 0 saturated carbocycles. The summed E-state index contributed by atoms with van der Waals surface area (Å²) in [5.41, 5.74) is 15.2. The summed E-state index contributed by atoms with van der Waals surface area (Å²) in [6.07, 6.45) is 7.59. The minimum Gasteiger partial charge on any atom is -0.275 e. The molecule has 9 rings (SSSR count). The Morgan fingerprint density at radius 3 is 2.54 bits per heavy atom. The predicted molar refractivity (Wildman–Crippen MR) is 140 cm³/mol. The lowest BCUT2D eigenvalue weighted by molar-refractivity contribution is 1.20. The van der Waals surface area contributed by atoms with E-state index in [4.69, 9.17) is 9.97 Å². The number of hydrogen-bond donors (Lipinski definition) is 0. The normalized spacial score (nSPS) is 13.5. The van der Waals surface area contributed by atoms with Crippen molar-refractivity contribution in [2.75, 3.05) is 0 Å². The Hall–Kier alpha value is -4.57. The van der Waals surface area contributed by atoms with Gasteiger partial charge in [0, 0.05) is 35.8 Å². The van der Waals surface area contributed by atoms with Crippen molar-refractivity contribution < 1.29 is 0 Å². The lowest BCUT2D eigenvalue weighted by Gasteiger charge is -2.09. The highest BCUT2D eigenvalue weighted by Gasteiger charge is 2.30. The fraction of sp³-hybridized carbons (Fsp3) is 0.0645. The van der Waals surface area contributed by atoms with Crippen molar-refractivity contribution in [1.82, 2.24) is 19.4 Å². The Balaban J connectivity index is 1.42. The molecule has 162 valence electrons. The molecule has 2 aliphatic carbocycles. The monoisotopic (exact) mass is 446 g/mol. The zero-order chi connectivity index (χ0) is 22.7. The number of imidazole rings is 1.